The van der Waals surface area contributed by atoms with E-state index < -0.39 is 23.9 Å². The Hall–Kier alpha value is -3.49. The van der Waals surface area contributed by atoms with E-state index in [1.165, 1.54) is 13.2 Å². The largest absolute Gasteiger partial charge is 0.496 e. The second-order valence-electron chi connectivity index (χ2n) is 6.99. The number of carboxylic acids is 1. The van der Waals surface area contributed by atoms with Crippen LogP contribution in [0.4, 0.5) is 4.79 Å². The van der Waals surface area contributed by atoms with Gasteiger partial charge in [0.2, 0.25) is 5.91 Å². The summed E-state index contributed by atoms with van der Waals surface area (Å²) in [6.45, 7) is 5.80. The lowest BCUT2D eigenvalue weighted by Crippen LogP contribution is -2.40. The number of nitrogens with one attached hydrogen (secondary N) is 2. The van der Waals surface area contributed by atoms with E-state index in [9.17, 15) is 19.5 Å². The minimum atomic E-state index is -1.16. The maximum absolute atomic E-state index is 12.4. The number of amides is 3. The average molecular weight is 417 g/mol. The quantitative estimate of drug-likeness (QED) is 0.364. The predicted octanol–water partition coefficient (Wildman–Crippen LogP) is 2.48. The molecular weight excluding hydrogens is 390 g/mol. The first-order valence-corrected chi connectivity index (χ1v) is 9.47. The molecule has 0 saturated heterocycles. The van der Waals surface area contributed by atoms with Gasteiger partial charge < -0.3 is 30.6 Å². The van der Waals surface area contributed by atoms with Crippen LogP contribution in [0.15, 0.2) is 22.6 Å². The highest BCUT2D eigenvalue weighted by molar-refractivity contribution is 5.98. The predicted molar refractivity (Wildman–Crippen MR) is 112 cm³/mol. The molecule has 1 aromatic heterocycles. The van der Waals surface area contributed by atoms with E-state index in [0.717, 1.165) is 16.7 Å². The SMILES string of the molecule is COc1cc2oc(C)c(C)c2cc1/C(C)=C/C(=O)NC(CCCNC(N)=O)C(=O)O. The number of methoxy groups -OCH3 is 1. The molecule has 0 radical (unpaired) electrons. The van der Waals surface area contributed by atoms with Crippen molar-refractivity contribution in [3.8, 4) is 5.75 Å². The minimum Gasteiger partial charge on any atom is -0.496 e. The molecule has 9 heteroatoms. The summed E-state index contributed by atoms with van der Waals surface area (Å²) < 4.78 is 11.2. The van der Waals surface area contributed by atoms with Crippen molar-refractivity contribution in [2.45, 2.75) is 39.7 Å². The summed E-state index contributed by atoms with van der Waals surface area (Å²) >= 11 is 0. The molecule has 0 aliphatic heterocycles. The number of rotatable bonds is 9. The van der Waals surface area contributed by atoms with Gasteiger partial charge in [0.15, 0.2) is 0 Å². The average Bonchev–Trinajstić information content (AvgIpc) is 2.95. The van der Waals surface area contributed by atoms with Crippen LogP contribution in [0.25, 0.3) is 16.5 Å². The van der Waals surface area contributed by atoms with Crippen LogP contribution in [-0.2, 0) is 9.59 Å². The van der Waals surface area contributed by atoms with Crippen molar-refractivity contribution in [2.24, 2.45) is 5.73 Å². The Morgan fingerprint density at radius 2 is 2.00 bits per heavy atom. The zero-order chi connectivity index (χ0) is 22.4. The number of allylic oxidation sites excluding steroid dienone is 1. The number of aliphatic carboxylic acids is 1. The van der Waals surface area contributed by atoms with E-state index in [0.29, 0.717) is 28.9 Å². The lowest BCUT2D eigenvalue weighted by molar-refractivity contribution is -0.141. The smallest absolute Gasteiger partial charge is 0.326 e. The summed E-state index contributed by atoms with van der Waals surface area (Å²) in [5, 5.41) is 15.1. The van der Waals surface area contributed by atoms with Crippen molar-refractivity contribution in [3.63, 3.8) is 0 Å². The normalized spacial score (nSPS) is 12.5. The van der Waals surface area contributed by atoms with Gasteiger partial charge >= 0.3 is 12.0 Å². The van der Waals surface area contributed by atoms with Crippen LogP contribution in [-0.4, -0.2) is 42.7 Å². The van der Waals surface area contributed by atoms with Crippen molar-refractivity contribution in [1.82, 2.24) is 10.6 Å². The third kappa shape index (κ3) is 5.53. The van der Waals surface area contributed by atoms with E-state index >= 15 is 0 Å². The van der Waals surface area contributed by atoms with Crippen LogP contribution in [0, 0.1) is 13.8 Å². The van der Waals surface area contributed by atoms with Gasteiger partial charge in [0.1, 0.15) is 23.1 Å². The third-order valence-electron chi connectivity index (χ3n) is 4.85. The topological polar surface area (TPSA) is 144 Å². The number of furan rings is 1. The molecule has 2 aromatic rings. The summed E-state index contributed by atoms with van der Waals surface area (Å²) in [6.07, 6.45) is 1.84. The Morgan fingerprint density at radius 3 is 2.60 bits per heavy atom. The number of hydrogen-bond donors (Lipinski definition) is 4. The molecule has 162 valence electrons. The van der Waals surface area contributed by atoms with Gasteiger partial charge in [0.05, 0.1) is 7.11 Å². The molecule has 2 rings (SSSR count). The van der Waals surface area contributed by atoms with E-state index in [1.807, 2.05) is 19.9 Å². The molecule has 30 heavy (non-hydrogen) atoms. The van der Waals surface area contributed by atoms with Crippen molar-refractivity contribution in [1.29, 1.82) is 0 Å². The fraction of sp³-hybridized carbons (Fsp3) is 0.381. The molecular formula is C21H27N3O6. The number of benzene rings is 1. The number of carboxylic acid groups (broad SMARTS) is 1. The summed E-state index contributed by atoms with van der Waals surface area (Å²) in [5.74, 6) is -0.342. The van der Waals surface area contributed by atoms with Gasteiger partial charge in [0.25, 0.3) is 0 Å². The van der Waals surface area contributed by atoms with Gasteiger partial charge in [-0.25, -0.2) is 9.59 Å². The molecule has 0 aliphatic carbocycles. The first-order chi connectivity index (χ1) is 14.1. The van der Waals surface area contributed by atoms with Crippen LogP contribution < -0.4 is 21.1 Å². The van der Waals surface area contributed by atoms with Gasteiger partial charge in [-0.2, -0.15) is 0 Å². The van der Waals surface area contributed by atoms with Crippen LogP contribution in [0.1, 0.15) is 36.7 Å². The van der Waals surface area contributed by atoms with Crippen molar-refractivity contribution in [2.75, 3.05) is 13.7 Å². The molecule has 1 aromatic carbocycles. The maximum Gasteiger partial charge on any atom is 0.326 e. The number of carbonyl (C=O) groups excluding carboxylic acids is 2. The molecule has 0 saturated carbocycles. The molecule has 0 aliphatic rings. The van der Waals surface area contributed by atoms with Gasteiger partial charge in [-0.3, -0.25) is 4.79 Å². The van der Waals surface area contributed by atoms with Crippen LogP contribution in [0.3, 0.4) is 0 Å². The van der Waals surface area contributed by atoms with Gasteiger partial charge in [0, 0.05) is 29.6 Å². The lowest BCUT2D eigenvalue weighted by atomic mass is 10.0. The molecule has 1 heterocycles. The Balaban J connectivity index is 2.18. The van der Waals surface area contributed by atoms with Crippen molar-refractivity contribution in [3.05, 3.63) is 35.1 Å². The van der Waals surface area contributed by atoms with E-state index in [-0.39, 0.29) is 13.0 Å². The molecule has 0 fully saturated rings. The summed E-state index contributed by atoms with van der Waals surface area (Å²) in [5.41, 5.74) is 7.99. The number of hydrogen-bond acceptors (Lipinski definition) is 5. The molecule has 0 bridgehead atoms. The number of ether oxygens (including phenoxy) is 1. The second kappa shape index (κ2) is 9.82. The first-order valence-electron chi connectivity index (χ1n) is 9.47. The summed E-state index contributed by atoms with van der Waals surface area (Å²) in [6, 6.07) is 1.90. The summed E-state index contributed by atoms with van der Waals surface area (Å²) in [7, 11) is 1.53. The number of aryl methyl sites for hydroxylation is 2. The van der Waals surface area contributed by atoms with Gasteiger partial charge in [-0.1, -0.05) is 0 Å². The number of urea groups is 1. The number of carbonyl (C=O) groups is 3. The Kier molecular flexibility index (Phi) is 7.46. The highest BCUT2D eigenvalue weighted by Gasteiger charge is 2.19. The number of fused-ring (bicyclic) bond motifs is 1. The Bertz CT molecular complexity index is 992. The zero-order valence-electron chi connectivity index (χ0n) is 17.5. The fourth-order valence-electron chi connectivity index (χ4n) is 3.11. The third-order valence-corrected chi connectivity index (χ3v) is 4.85. The Morgan fingerprint density at radius 1 is 1.30 bits per heavy atom. The van der Waals surface area contributed by atoms with Crippen LogP contribution in [0.5, 0.6) is 5.75 Å². The van der Waals surface area contributed by atoms with E-state index in [4.69, 9.17) is 14.9 Å². The Labute approximate surface area is 174 Å². The minimum absolute atomic E-state index is 0.150. The highest BCUT2D eigenvalue weighted by Crippen LogP contribution is 2.34. The molecule has 9 nitrogen and oxygen atoms in total. The molecule has 5 N–H and O–H groups in total. The van der Waals surface area contributed by atoms with E-state index in [2.05, 4.69) is 10.6 Å². The number of primary amides is 1. The molecule has 1 unspecified atom stereocenters. The molecule has 0 spiro atoms. The van der Waals surface area contributed by atoms with Crippen molar-refractivity contribution < 1.29 is 28.6 Å². The van der Waals surface area contributed by atoms with Gasteiger partial charge in [-0.15, -0.1) is 0 Å². The van der Waals surface area contributed by atoms with Crippen LogP contribution in [0.2, 0.25) is 0 Å². The number of nitrogens with two attached hydrogens (primary N) is 1. The molecule has 3 amide bonds. The van der Waals surface area contributed by atoms with E-state index in [1.54, 1.807) is 13.0 Å². The van der Waals surface area contributed by atoms with Gasteiger partial charge in [-0.05, 0) is 50.8 Å². The first kappa shape index (κ1) is 22.8. The summed E-state index contributed by atoms with van der Waals surface area (Å²) in [4.78, 5) is 34.5. The monoisotopic (exact) mass is 417 g/mol. The highest BCUT2D eigenvalue weighted by atomic mass is 16.5. The van der Waals surface area contributed by atoms with Crippen LogP contribution >= 0.6 is 0 Å². The lowest BCUT2D eigenvalue weighted by Gasteiger charge is -2.14. The second-order valence-corrected chi connectivity index (χ2v) is 6.99. The fourth-order valence-corrected chi connectivity index (χ4v) is 3.11. The maximum atomic E-state index is 12.4. The van der Waals surface area contributed by atoms with Crippen molar-refractivity contribution >= 4 is 34.4 Å². The molecule has 1 atom stereocenters. The zero-order valence-corrected chi connectivity index (χ0v) is 17.5. The standard InChI is InChI=1S/C21H27N3O6/c1-11(8-19(25)24-16(20(26)27)6-5-7-23-21(22)28)14-9-15-12(2)13(3)30-18(15)10-17(14)29-4/h8-10,16H,5-7H2,1-4H3,(H,24,25)(H,26,27)(H3,22,23,28)/b11-8+.